The number of anilines is 2. The summed E-state index contributed by atoms with van der Waals surface area (Å²) in [5.74, 6) is 1.09. The van der Waals surface area contributed by atoms with Gasteiger partial charge in [-0.05, 0) is 37.0 Å². The van der Waals surface area contributed by atoms with Gasteiger partial charge in [0.25, 0.3) is 5.91 Å². The fraction of sp³-hybridized carbons (Fsp3) is 0.353. The molecule has 1 N–H and O–H groups in total. The molecule has 5 nitrogen and oxygen atoms in total. The Labute approximate surface area is 151 Å². The lowest BCUT2D eigenvalue weighted by Crippen LogP contribution is -2.34. The fourth-order valence-corrected chi connectivity index (χ4v) is 2.94. The van der Waals surface area contributed by atoms with Crippen LogP contribution in [0.4, 0.5) is 11.6 Å². The van der Waals surface area contributed by atoms with Crippen molar-refractivity contribution in [3.8, 4) is 0 Å². The number of piperidine rings is 1. The summed E-state index contributed by atoms with van der Waals surface area (Å²) in [5.41, 5.74) is 0.837. The van der Waals surface area contributed by atoms with Crippen LogP contribution in [0.25, 0.3) is 0 Å². The lowest BCUT2D eigenvalue weighted by Gasteiger charge is -2.30. The first-order valence-electron chi connectivity index (χ1n) is 7.86. The number of carbonyl (C=O) groups is 1. The highest BCUT2D eigenvalue weighted by Gasteiger charge is 2.18. The summed E-state index contributed by atoms with van der Waals surface area (Å²) in [4.78, 5) is 23.1. The third-order valence-corrected chi connectivity index (χ3v) is 4.71. The summed E-state index contributed by atoms with van der Waals surface area (Å²) in [5, 5.41) is 3.65. The topological polar surface area (TPSA) is 58.1 Å². The molecular formula is C17H18Cl2N4O. The van der Waals surface area contributed by atoms with Crippen LogP contribution < -0.4 is 10.2 Å². The average molecular weight is 365 g/mol. The van der Waals surface area contributed by atoms with E-state index in [0.29, 0.717) is 27.2 Å². The fourth-order valence-electron chi connectivity index (χ4n) is 2.60. The van der Waals surface area contributed by atoms with Gasteiger partial charge in [-0.15, -0.1) is 0 Å². The Morgan fingerprint density at radius 2 is 1.88 bits per heavy atom. The summed E-state index contributed by atoms with van der Waals surface area (Å²) in [6, 6.07) is 4.90. The van der Waals surface area contributed by atoms with Crippen LogP contribution in [-0.4, -0.2) is 29.0 Å². The number of nitrogens with zero attached hydrogens (tertiary/aromatic N) is 3. The Morgan fingerprint density at radius 3 is 2.54 bits per heavy atom. The van der Waals surface area contributed by atoms with E-state index in [1.807, 2.05) is 0 Å². The van der Waals surface area contributed by atoms with Crippen LogP contribution in [0.15, 0.2) is 30.6 Å². The Hall–Kier alpha value is -1.85. The molecule has 1 amide bonds. The van der Waals surface area contributed by atoms with Gasteiger partial charge in [0, 0.05) is 30.5 Å². The second-order valence-electron chi connectivity index (χ2n) is 6.02. The standard InChI is InChI=1S/C17H18Cl2N4O/c1-11-4-6-23(7-5-11)17-20-9-12(10-21-17)16(24)22-15-8-13(18)2-3-14(15)19/h2-3,8-11H,4-7H2,1H3,(H,22,24). The lowest BCUT2D eigenvalue weighted by atomic mass is 10.00. The number of amides is 1. The molecule has 0 bridgehead atoms. The largest absolute Gasteiger partial charge is 0.341 e. The molecule has 2 heterocycles. The minimum Gasteiger partial charge on any atom is -0.341 e. The van der Waals surface area contributed by atoms with E-state index in [1.54, 1.807) is 18.2 Å². The molecule has 2 aromatic rings. The van der Waals surface area contributed by atoms with Crippen molar-refractivity contribution in [3.05, 3.63) is 46.2 Å². The van der Waals surface area contributed by atoms with Crippen LogP contribution in [0.5, 0.6) is 0 Å². The van der Waals surface area contributed by atoms with Crippen molar-refractivity contribution in [1.29, 1.82) is 0 Å². The lowest BCUT2D eigenvalue weighted by molar-refractivity contribution is 0.102. The molecule has 1 aliphatic rings. The maximum atomic E-state index is 12.3. The molecule has 3 rings (SSSR count). The first-order valence-corrected chi connectivity index (χ1v) is 8.62. The monoisotopic (exact) mass is 364 g/mol. The maximum Gasteiger partial charge on any atom is 0.258 e. The Kier molecular flexibility index (Phi) is 5.21. The van der Waals surface area contributed by atoms with Crippen molar-refractivity contribution in [3.63, 3.8) is 0 Å². The number of aromatic nitrogens is 2. The first kappa shape index (κ1) is 17.0. The molecule has 24 heavy (non-hydrogen) atoms. The number of halogens is 2. The molecule has 1 saturated heterocycles. The zero-order valence-corrected chi connectivity index (χ0v) is 14.8. The summed E-state index contributed by atoms with van der Waals surface area (Å²) in [6.07, 6.45) is 5.35. The summed E-state index contributed by atoms with van der Waals surface area (Å²) >= 11 is 12.0. The second-order valence-corrected chi connectivity index (χ2v) is 6.86. The zero-order chi connectivity index (χ0) is 17.1. The van der Waals surface area contributed by atoms with E-state index in [9.17, 15) is 4.79 Å². The summed E-state index contributed by atoms with van der Waals surface area (Å²) in [6.45, 7) is 4.16. The summed E-state index contributed by atoms with van der Waals surface area (Å²) < 4.78 is 0. The molecule has 7 heteroatoms. The smallest absolute Gasteiger partial charge is 0.258 e. The molecule has 0 radical (unpaired) electrons. The van der Waals surface area contributed by atoms with Gasteiger partial charge in [-0.2, -0.15) is 0 Å². The van der Waals surface area contributed by atoms with Crippen LogP contribution >= 0.6 is 23.2 Å². The van der Waals surface area contributed by atoms with Gasteiger partial charge < -0.3 is 10.2 Å². The van der Waals surface area contributed by atoms with Crippen LogP contribution in [0.2, 0.25) is 10.0 Å². The zero-order valence-electron chi connectivity index (χ0n) is 13.3. The molecule has 1 aliphatic heterocycles. The van der Waals surface area contributed by atoms with E-state index in [0.717, 1.165) is 31.8 Å². The molecule has 0 atom stereocenters. The normalized spacial score (nSPS) is 15.4. The molecule has 0 unspecified atom stereocenters. The first-order chi connectivity index (χ1) is 11.5. The van der Waals surface area contributed by atoms with Crippen LogP contribution in [-0.2, 0) is 0 Å². The number of carbonyl (C=O) groups excluding carboxylic acids is 1. The van der Waals surface area contributed by atoms with Crippen molar-refractivity contribution >= 4 is 40.7 Å². The molecular weight excluding hydrogens is 347 g/mol. The van der Waals surface area contributed by atoms with Crippen molar-refractivity contribution in [2.75, 3.05) is 23.3 Å². The quantitative estimate of drug-likeness (QED) is 0.883. The Balaban J connectivity index is 1.68. The SMILES string of the molecule is CC1CCN(c2ncc(C(=O)Nc3cc(Cl)ccc3Cl)cn2)CC1. The van der Waals surface area contributed by atoms with E-state index in [1.165, 1.54) is 12.4 Å². The molecule has 0 saturated carbocycles. The highest BCUT2D eigenvalue weighted by Crippen LogP contribution is 2.26. The maximum absolute atomic E-state index is 12.3. The van der Waals surface area contributed by atoms with E-state index in [-0.39, 0.29) is 5.91 Å². The number of benzene rings is 1. The minimum atomic E-state index is -0.321. The Bertz CT molecular complexity index is 728. The minimum absolute atomic E-state index is 0.321. The highest BCUT2D eigenvalue weighted by atomic mass is 35.5. The predicted molar refractivity (Wildman–Crippen MR) is 97.1 cm³/mol. The molecule has 1 fully saturated rings. The van der Waals surface area contributed by atoms with Crippen LogP contribution in [0, 0.1) is 5.92 Å². The number of hydrogen-bond donors (Lipinski definition) is 1. The van der Waals surface area contributed by atoms with Gasteiger partial charge in [-0.25, -0.2) is 9.97 Å². The highest BCUT2D eigenvalue weighted by molar-refractivity contribution is 6.35. The van der Waals surface area contributed by atoms with Gasteiger partial charge in [-0.1, -0.05) is 30.1 Å². The number of hydrogen-bond acceptors (Lipinski definition) is 4. The van der Waals surface area contributed by atoms with Gasteiger partial charge in [0.2, 0.25) is 5.95 Å². The third kappa shape index (κ3) is 3.97. The second kappa shape index (κ2) is 7.36. The van der Waals surface area contributed by atoms with E-state index < -0.39 is 0 Å². The van der Waals surface area contributed by atoms with Gasteiger partial charge in [-0.3, -0.25) is 4.79 Å². The third-order valence-electron chi connectivity index (χ3n) is 4.14. The molecule has 126 valence electrons. The average Bonchev–Trinajstić information content (AvgIpc) is 2.59. The van der Waals surface area contributed by atoms with Crippen LogP contribution in [0.3, 0.4) is 0 Å². The predicted octanol–water partition coefficient (Wildman–Crippen LogP) is 4.27. The summed E-state index contributed by atoms with van der Waals surface area (Å²) in [7, 11) is 0. The number of rotatable bonds is 3. The van der Waals surface area contributed by atoms with Gasteiger partial charge in [0.15, 0.2) is 0 Å². The van der Waals surface area contributed by atoms with E-state index in [4.69, 9.17) is 23.2 Å². The van der Waals surface area contributed by atoms with E-state index >= 15 is 0 Å². The van der Waals surface area contributed by atoms with Gasteiger partial charge >= 0.3 is 0 Å². The van der Waals surface area contributed by atoms with Crippen molar-refractivity contribution < 1.29 is 4.79 Å². The molecule has 0 aliphatic carbocycles. The van der Waals surface area contributed by atoms with Gasteiger partial charge in [0.05, 0.1) is 16.3 Å². The van der Waals surface area contributed by atoms with Crippen molar-refractivity contribution in [2.24, 2.45) is 5.92 Å². The van der Waals surface area contributed by atoms with Crippen molar-refractivity contribution in [2.45, 2.75) is 19.8 Å². The molecule has 0 spiro atoms. The Morgan fingerprint density at radius 1 is 1.21 bits per heavy atom. The number of nitrogens with one attached hydrogen (secondary N) is 1. The van der Waals surface area contributed by atoms with Crippen LogP contribution in [0.1, 0.15) is 30.1 Å². The van der Waals surface area contributed by atoms with E-state index in [2.05, 4.69) is 27.1 Å². The molecule has 1 aromatic heterocycles. The van der Waals surface area contributed by atoms with Gasteiger partial charge in [0.1, 0.15) is 0 Å². The van der Waals surface area contributed by atoms with Crippen molar-refractivity contribution in [1.82, 2.24) is 9.97 Å². The molecule has 1 aromatic carbocycles.